The number of amides is 1. The number of hydrogen-bond donors (Lipinski definition) is 1. The molecular formula is C27H28FNO3. The van der Waals surface area contributed by atoms with Gasteiger partial charge in [-0.1, -0.05) is 66.7 Å². The van der Waals surface area contributed by atoms with Gasteiger partial charge in [-0.25, -0.2) is 9.18 Å². The van der Waals surface area contributed by atoms with Gasteiger partial charge in [-0.2, -0.15) is 0 Å². The highest BCUT2D eigenvalue weighted by Crippen LogP contribution is 2.40. The number of aliphatic hydroxyl groups excluding tert-OH is 1. The standard InChI is InChI=1S/C27H28FNO3/c1-19(30)18-27(24-6-4-3-5-7-24)16-17-29(26(31)32-27)20(2)21-8-10-22(11-9-21)23-12-14-25(28)15-13-23/h3-15,19-20,30H,16-18H2,1-2H3/t19-,20+,27+/m1/s1. The predicted octanol–water partition coefficient (Wildman–Crippen LogP) is 6.06. The van der Waals surface area contributed by atoms with E-state index in [1.165, 1.54) is 12.1 Å². The Labute approximate surface area is 188 Å². The van der Waals surface area contributed by atoms with Crippen molar-refractivity contribution in [2.45, 2.75) is 44.4 Å². The molecule has 0 bridgehead atoms. The van der Waals surface area contributed by atoms with Gasteiger partial charge < -0.3 is 14.7 Å². The summed E-state index contributed by atoms with van der Waals surface area (Å²) in [4.78, 5) is 14.8. The first kappa shape index (κ1) is 22.0. The first-order valence-corrected chi connectivity index (χ1v) is 11.0. The minimum absolute atomic E-state index is 0.162. The summed E-state index contributed by atoms with van der Waals surface area (Å²) in [6, 6.07) is 23.8. The molecule has 3 atom stereocenters. The zero-order valence-electron chi connectivity index (χ0n) is 18.4. The van der Waals surface area contributed by atoms with E-state index in [0.29, 0.717) is 19.4 Å². The van der Waals surface area contributed by atoms with Gasteiger partial charge in [-0.3, -0.25) is 0 Å². The normalized spacial score (nSPS) is 20.5. The number of halogens is 1. The van der Waals surface area contributed by atoms with E-state index in [2.05, 4.69) is 0 Å². The van der Waals surface area contributed by atoms with Gasteiger partial charge in [0.25, 0.3) is 0 Å². The second kappa shape index (κ2) is 9.13. The van der Waals surface area contributed by atoms with Crippen LogP contribution >= 0.6 is 0 Å². The lowest BCUT2D eigenvalue weighted by Crippen LogP contribution is -2.49. The largest absolute Gasteiger partial charge is 0.438 e. The molecule has 1 N–H and O–H groups in total. The van der Waals surface area contributed by atoms with Gasteiger partial charge in [0, 0.05) is 19.4 Å². The van der Waals surface area contributed by atoms with Crippen molar-refractivity contribution in [2.75, 3.05) is 6.54 Å². The molecule has 0 radical (unpaired) electrons. The number of benzene rings is 3. The lowest BCUT2D eigenvalue weighted by molar-refractivity contribution is -0.0815. The Hall–Kier alpha value is -3.18. The van der Waals surface area contributed by atoms with Crippen molar-refractivity contribution in [3.63, 3.8) is 0 Å². The lowest BCUT2D eigenvalue weighted by Gasteiger charge is -2.44. The summed E-state index contributed by atoms with van der Waals surface area (Å²) in [6.45, 7) is 4.23. The molecule has 3 aromatic carbocycles. The topological polar surface area (TPSA) is 49.8 Å². The third kappa shape index (κ3) is 4.53. The average molecular weight is 434 g/mol. The molecule has 0 aliphatic carbocycles. The maximum Gasteiger partial charge on any atom is 0.411 e. The van der Waals surface area contributed by atoms with Gasteiger partial charge in [-0.15, -0.1) is 0 Å². The van der Waals surface area contributed by atoms with Crippen LogP contribution in [0.5, 0.6) is 0 Å². The molecule has 1 saturated heterocycles. The first-order valence-electron chi connectivity index (χ1n) is 11.0. The SMILES string of the molecule is C[C@@H](O)C[C@]1(c2ccccc2)CCN([C@@H](C)c2ccc(-c3ccc(F)cc3)cc2)C(=O)O1. The summed E-state index contributed by atoms with van der Waals surface area (Å²) >= 11 is 0. The van der Waals surface area contributed by atoms with Crippen molar-refractivity contribution in [2.24, 2.45) is 0 Å². The number of ether oxygens (including phenoxy) is 1. The van der Waals surface area contributed by atoms with Crippen molar-refractivity contribution in [3.05, 3.63) is 95.8 Å². The van der Waals surface area contributed by atoms with Crippen molar-refractivity contribution < 1.29 is 19.0 Å². The van der Waals surface area contributed by atoms with Gasteiger partial charge in [0.05, 0.1) is 12.1 Å². The molecule has 5 heteroatoms. The van der Waals surface area contributed by atoms with E-state index in [9.17, 15) is 14.3 Å². The minimum atomic E-state index is -0.824. The molecule has 0 unspecified atom stereocenters. The predicted molar refractivity (Wildman–Crippen MR) is 122 cm³/mol. The third-order valence-electron chi connectivity index (χ3n) is 6.24. The fourth-order valence-electron chi connectivity index (χ4n) is 4.48. The van der Waals surface area contributed by atoms with Crippen molar-refractivity contribution >= 4 is 6.09 Å². The van der Waals surface area contributed by atoms with E-state index >= 15 is 0 Å². The molecule has 0 spiro atoms. The Kier molecular flexibility index (Phi) is 6.28. The molecule has 1 amide bonds. The minimum Gasteiger partial charge on any atom is -0.438 e. The average Bonchev–Trinajstić information content (AvgIpc) is 2.79. The highest BCUT2D eigenvalue weighted by atomic mass is 19.1. The van der Waals surface area contributed by atoms with Gasteiger partial charge >= 0.3 is 6.09 Å². The van der Waals surface area contributed by atoms with E-state index in [4.69, 9.17) is 4.74 Å². The molecule has 1 heterocycles. The highest BCUT2D eigenvalue weighted by molar-refractivity contribution is 5.70. The van der Waals surface area contributed by atoms with Crippen molar-refractivity contribution in [1.29, 1.82) is 0 Å². The number of carbonyl (C=O) groups excluding carboxylic acids is 1. The van der Waals surface area contributed by atoms with E-state index in [0.717, 1.165) is 22.3 Å². The van der Waals surface area contributed by atoms with Crippen LogP contribution in [-0.2, 0) is 10.3 Å². The Balaban J connectivity index is 1.51. The van der Waals surface area contributed by atoms with E-state index in [1.807, 2.05) is 61.5 Å². The maximum atomic E-state index is 13.2. The second-order valence-corrected chi connectivity index (χ2v) is 8.53. The van der Waals surface area contributed by atoms with Crippen molar-refractivity contribution in [3.8, 4) is 11.1 Å². The Morgan fingerprint density at radius 3 is 2.12 bits per heavy atom. The quantitative estimate of drug-likeness (QED) is 0.514. The van der Waals surface area contributed by atoms with Crippen LogP contribution in [0.15, 0.2) is 78.9 Å². The van der Waals surface area contributed by atoms with E-state index in [-0.39, 0.29) is 18.0 Å². The Bertz CT molecular complexity index is 1050. The van der Waals surface area contributed by atoms with Crippen LogP contribution in [0.25, 0.3) is 11.1 Å². The van der Waals surface area contributed by atoms with Crippen LogP contribution in [0.3, 0.4) is 0 Å². The summed E-state index contributed by atoms with van der Waals surface area (Å²) in [7, 11) is 0. The van der Waals surface area contributed by atoms with Gasteiger partial charge in [0.15, 0.2) is 0 Å². The molecule has 4 nitrogen and oxygen atoms in total. The summed E-state index contributed by atoms with van der Waals surface area (Å²) in [6.07, 6.45) is -0.00920. The van der Waals surface area contributed by atoms with Gasteiger partial charge in [-0.05, 0) is 48.2 Å². The number of carbonyl (C=O) groups is 1. The van der Waals surface area contributed by atoms with E-state index in [1.54, 1.807) is 24.0 Å². The molecule has 32 heavy (non-hydrogen) atoms. The van der Waals surface area contributed by atoms with Crippen LogP contribution < -0.4 is 0 Å². The molecule has 0 aromatic heterocycles. The third-order valence-corrected chi connectivity index (χ3v) is 6.24. The molecule has 166 valence electrons. The van der Waals surface area contributed by atoms with Gasteiger partial charge in [0.2, 0.25) is 0 Å². The fourth-order valence-corrected chi connectivity index (χ4v) is 4.48. The van der Waals surface area contributed by atoms with Crippen LogP contribution in [0.4, 0.5) is 9.18 Å². The number of cyclic esters (lactones) is 1. The number of rotatable bonds is 6. The Morgan fingerprint density at radius 2 is 1.56 bits per heavy atom. The summed E-state index contributed by atoms with van der Waals surface area (Å²) < 4.78 is 19.2. The molecule has 4 rings (SSSR count). The lowest BCUT2D eigenvalue weighted by atomic mass is 9.84. The summed E-state index contributed by atoms with van der Waals surface area (Å²) in [5, 5.41) is 10.1. The van der Waals surface area contributed by atoms with Crippen LogP contribution in [0.1, 0.15) is 43.9 Å². The highest BCUT2D eigenvalue weighted by Gasteiger charge is 2.44. The molecular weight excluding hydrogens is 405 g/mol. The Morgan fingerprint density at radius 1 is 0.969 bits per heavy atom. The number of nitrogens with zero attached hydrogens (tertiary/aromatic N) is 1. The number of aliphatic hydroxyl groups is 1. The molecule has 1 fully saturated rings. The van der Waals surface area contributed by atoms with E-state index < -0.39 is 11.7 Å². The van der Waals surface area contributed by atoms with Crippen molar-refractivity contribution in [1.82, 2.24) is 4.90 Å². The second-order valence-electron chi connectivity index (χ2n) is 8.53. The first-order chi connectivity index (χ1) is 15.4. The molecule has 0 saturated carbocycles. The fraction of sp³-hybridized carbons (Fsp3) is 0.296. The summed E-state index contributed by atoms with van der Waals surface area (Å²) in [5.41, 5.74) is 3.01. The smallest absolute Gasteiger partial charge is 0.411 e. The zero-order chi connectivity index (χ0) is 22.7. The monoisotopic (exact) mass is 433 g/mol. The van der Waals surface area contributed by atoms with Crippen LogP contribution in [0.2, 0.25) is 0 Å². The van der Waals surface area contributed by atoms with Gasteiger partial charge in [0.1, 0.15) is 11.4 Å². The van der Waals surface area contributed by atoms with Crippen LogP contribution in [0, 0.1) is 5.82 Å². The molecule has 1 aliphatic heterocycles. The molecule has 1 aliphatic rings. The zero-order valence-corrected chi connectivity index (χ0v) is 18.4. The van der Waals surface area contributed by atoms with Crippen LogP contribution in [-0.4, -0.2) is 28.7 Å². The molecule has 3 aromatic rings. The maximum absolute atomic E-state index is 13.2. The number of hydrogen-bond acceptors (Lipinski definition) is 3. The summed E-state index contributed by atoms with van der Waals surface area (Å²) in [5.74, 6) is -0.259.